The average molecular weight is 416 g/mol. The van der Waals surface area contributed by atoms with Gasteiger partial charge in [0.15, 0.2) is 0 Å². The number of anilines is 2. The summed E-state index contributed by atoms with van der Waals surface area (Å²) in [4.78, 5) is 31.8. The van der Waals surface area contributed by atoms with E-state index in [1.54, 1.807) is 20.0 Å². The average Bonchev–Trinajstić information content (AvgIpc) is 2.88. The molecule has 1 aliphatic rings. The van der Waals surface area contributed by atoms with Crippen LogP contribution in [-0.2, 0) is 4.79 Å². The topological polar surface area (TPSA) is 73.8 Å². The predicted molar refractivity (Wildman–Crippen MR) is 119 cm³/mol. The van der Waals surface area contributed by atoms with Crippen molar-refractivity contribution in [2.24, 2.45) is 4.99 Å². The number of benzodiazepines with no additional fused rings is 1. The van der Waals surface area contributed by atoms with E-state index in [-0.39, 0.29) is 5.91 Å². The van der Waals surface area contributed by atoms with Gasteiger partial charge in [-0.3, -0.25) is 4.79 Å². The summed E-state index contributed by atoms with van der Waals surface area (Å²) in [5.74, 6) is -0.851. The van der Waals surface area contributed by atoms with Crippen molar-refractivity contribution < 1.29 is 14.0 Å². The van der Waals surface area contributed by atoms with Crippen LogP contribution < -0.4 is 15.5 Å². The molecular formula is C24H21FN4O2. The normalized spacial score (nSPS) is 15.6. The molecule has 1 heterocycles. The summed E-state index contributed by atoms with van der Waals surface area (Å²) in [5, 5.41) is 5.22. The fraction of sp³-hybridized carbons (Fsp3) is 0.125. The maximum absolute atomic E-state index is 13.6. The lowest BCUT2D eigenvalue weighted by molar-refractivity contribution is -0.119. The maximum atomic E-state index is 13.6. The Kier molecular flexibility index (Phi) is 5.49. The molecule has 0 saturated heterocycles. The molecule has 4 rings (SSSR count). The molecule has 3 amide bonds. The number of amides is 3. The maximum Gasteiger partial charge on any atom is 0.321 e. The molecule has 3 aromatic carbocycles. The van der Waals surface area contributed by atoms with Gasteiger partial charge >= 0.3 is 6.03 Å². The number of nitrogens with zero attached hydrogens (tertiary/aromatic N) is 2. The zero-order chi connectivity index (χ0) is 22.0. The van der Waals surface area contributed by atoms with Gasteiger partial charge in [-0.25, -0.2) is 14.2 Å². The van der Waals surface area contributed by atoms with E-state index in [4.69, 9.17) is 0 Å². The van der Waals surface area contributed by atoms with Crippen molar-refractivity contribution in [2.75, 3.05) is 17.3 Å². The fourth-order valence-corrected chi connectivity index (χ4v) is 3.45. The van der Waals surface area contributed by atoms with Crippen LogP contribution in [0.3, 0.4) is 0 Å². The van der Waals surface area contributed by atoms with E-state index >= 15 is 0 Å². The van der Waals surface area contributed by atoms with E-state index in [0.717, 1.165) is 11.1 Å². The number of carbonyl (C=O) groups excluding carboxylic acids is 2. The van der Waals surface area contributed by atoms with E-state index < -0.39 is 18.0 Å². The fourth-order valence-electron chi connectivity index (χ4n) is 3.45. The summed E-state index contributed by atoms with van der Waals surface area (Å²) in [6, 6.07) is 20.4. The number of nitrogens with one attached hydrogen (secondary N) is 2. The molecule has 0 spiro atoms. The molecule has 0 saturated carbocycles. The van der Waals surface area contributed by atoms with E-state index in [0.29, 0.717) is 22.6 Å². The Bertz CT molecular complexity index is 1180. The number of rotatable bonds is 3. The summed E-state index contributed by atoms with van der Waals surface area (Å²) in [6.07, 6.45) is -1.15. The molecule has 0 radical (unpaired) electrons. The van der Waals surface area contributed by atoms with Gasteiger partial charge in [0, 0.05) is 23.9 Å². The van der Waals surface area contributed by atoms with E-state index in [1.807, 2.05) is 54.6 Å². The molecule has 31 heavy (non-hydrogen) atoms. The van der Waals surface area contributed by atoms with Crippen LogP contribution in [0, 0.1) is 12.7 Å². The minimum atomic E-state index is -1.15. The highest BCUT2D eigenvalue weighted by atomic mass is 19.1. The zero-order valence-corrected chi connectivity index (χ0v) is 17.1. The smallest absolute Gasteiger partial charge is 0.311 e. The quantitative estimate of drug-likeness (QED) is 0.675. The Morgan fingerprint density at radius 1 is 1.03 bits per heavy atom. The summed E-state index contributed by atoms with van der Waals surface area (Å²) in [6.45, 7) is 1.75. The number of halogens is 1. The number of hydrogen-bond acceptors (Lipinski definition) is 3. The molecule has 156 valence electrons. The number of benzene rings is 3. The van der Waals surface area contributed by atoms with Gasteiger partial charge in [0.1, 0.15) is 5.82 Å². The summed E-state index contributed by atoms with van der Waals surface area (Å²) < 4.78 is 13.6. The van der Waals surface area contributed by atoms with Gasteiger partial charge < -0.3 is 15.5 Å². The Balaban J connectivity index is 1.69. The van der Waals surface area contributed by atoms with Gasteiger partial charge in [0.05, 0.1) is 11.4 Å². The van der Waals surface area contributed by atoms with Crippen LogP contribution in [0.4, 0.5) is 20.6 Å². The van der Waals surface area contributed by atoms with E-state index in [1.165, 1.54) is 17.0 Å². The molecule has 6 nitrogen and oxygen atoms in total. The number of carbonyl (C=O) groups is 2. The molecular weight excluding hydrogens is 395 g/mol. The van der Waals surface area contributed by atoms with Crippen molar-refractivity contribution >= 4 is 29.0 Å². The van der Waals surface area contributed by atoms with Crippen molar-refractivity contribution in [3.63, 3.8) is 0 Å². The van der Waals surface area contributed by atoms with Crippen LogP contribution in [0.1, 0.15) is 16.7 Å². The molecule has 0 aliphatic carbocycles. The number of urea groups is 1. The molecule has 0 aromatic heterocycles. The Morgan fingerprint density at radius 2 is 1.74 bits per heavy atom. The lowest BCUT2D eigenvalue weighted by Crippen LogP contribution is -2.47. The van der Waals surface area contributed by atoms with Crippen molar-refractivity contribution in [2.45, 2.75) is 13.1 Å². The first kappa shape index (κ1) is 20.3. The number of aliphatic imine (C=N–C) groups is 1. The third-order valence-electron chi connectivity index (χ3n) is 5.11. The van der Waals surface area contributed by atoms with Crippen LogP contribution in [0.5, 0.6) is 0 Å². The number of hydrogen-bond donors (Lipinski definition) is 2. The zero-order valence-electron chi connectivity index (χ0n) is 17.1. The highest BCUT2D eigenvalue weighted by Crippen LogP contribution is 2.27. The van der Waals surface area contributed by atoms with Gasteiger partial charge in [-0.05, 0) is 30.7 Å². The standard InChI is InChI=1S/C24H21FN4O2/c1-15-12-13-17(25)14-19(15)26-24(31)28-22-23(30)29(2)20-11-7-6-10-18(20)21(27-22)16-8-4-3-5-9-16/h3-14,22H,1-2H3,(H2,26,28,31)/t22-/m0/s1. The van der Waals surface area contributed by atoms with Gasteiger partial charge in [-0.15, -0.1) is 0 Å². The molecule has 0 fully saturated rings. The van der Waals surface area contributed by atoms with Crippen molar-refractivity contribution in [1.82, 2.24) is 5.32 Å². The molecule has 2 N–H and O–H groups in total. The first-order valence-corrected chi connectivity index (χ1v) is 9.78. The summed E-state index contributed by atoms with van der Waals surface area (Å²) >= 11 is 0. The highest BCUT2D eigenvalue weighted by Gasteiger charge is 2.31. The van der Waals surface area contributed by atoms with Crippen molar-refractivity contribution in [3.8, 4) is 0 Å². The number of likely N-dealkylation sites (N-methyl/N-ethyl adjacent to an activating group) is 1. The second-order valence-corrected chi connectivity index (χ2v) is 7.22. The number of aryl methyl sites for hydroxylation is 1. The lowest BCUT2D eigenvalue weighted by atomic mass is 10.0. The first-order valence-electron chi connectivity index (χ1n) is 9.78. The molecule has 1 aliphatic heterocycles. The van der Waals surface area contributed by atoms with Crippen LogP contribution in [0.15, 0.2) is 77.8 Å². The Labute approximate surface area is 179 Å². The largest absolute Gasteiger partial charge is 0.321 e. The summed E-state index contributed by atoms with van der Waals surface area (Å²) in [5.41, 5.74) is 3.92. The molecule has 0 unspecified atom stereocenters. The van der Waals surface area contributed by atoms with Gasteiger partial charge in [0.25, 0.3) is 5.91 Å². The number of fused-ring (bicyclic) bond motifs is 1. The van der Waals surface area contributed by atoms with Crippen LogP contribution >= 0.6 is 0 Å². The summed E-state index contributed by atoms with van der Waals surface area (Å²) in [7, 11) is 1.65. The van der Waals surface area contributed by atoms with Crippen molar-refractivity contribution in [3.05, 3.63) is 95.3 Å². The number of para-hydroxylation sites is 1. The molecule has 1 atom stereocenters. The van der Waals surface area contributed by atoms with Gasteiger partial charge in [0.2, 0.25) is 6.17 Å². The monoisotopic (exact) mass is 416 g/mol. The third-order valence-corrected chi connectivity index (χ3v) is 5.11. The Morgan fingerprint density at radius 3 is 2.52 bits per heavy atom. The second-order valence-electron chi connectivity index (χ2n) is 7.22. The highest BCUT2D eigenvalue weighted by molar-refractivity contribution is 6.20. The van der Waals surface area contributed by atoms with Gasteiger partial charge in [-0.1, -0.05) is 54.6 Å². The predicted octanol–water partition coefficient (Wildman–Crippen LogP) is 4.10. The van der Waals surface area contributed by atoms with Gasteiger partial charge in [-0.2, -0.15) is 0 Å². The van der Waals surface area contributed by atoms with Crippen LogP contribution in [0.2, 0.25) is 0 Å². The SMILES string of the molecule is Cc1ccc(F)cc1NC(=O)N[C@@H]1N=C(c2ccccc2)c2ccccc2N(C)C1=O. The van der Waals surface area contributed by atoms with Crippen LogP contribution in [0.25, 0.3) is 0 Å². The first-order chi connectivity index (χ1) is 14.9. The van der Waals surface area contributed by atoms with Crippen molar-refractivity contribution in [1.29, 1.82) is 0 Å². The lowest BCUT2D eigenvalue weighted by Gasteiger charge is -2.21. The van der Waals surface area contributed by atoms with Crippen LogP contribution in [-0.4, -0.2) is 30.9 Å². The minimum Gasteiger partial charge on any atom is -0.311 e. The molecule has 7 heteroatoms. The molecule has 0 bridgehead atoms. The second kappa shape index (κ2) is 8.39. The van der Waals surface area contributed by atoms with E-state index in [9.17, 15) is 14.0 Å². The Hall–Kier alpha value is -4.00. The third kappa shape index (κ3) is 4.16. The van der Waals surface area contributed by atoms with E-state index in [2.05, 4.69) is 15.6 Å². The minimum absolute atomic E-state index is 0.322. The molecule has 3 aromatic rings.